The van der Waals surface area contributed by atoms with E-state index in [4.69, 9.17) is 35.5 Å². The molecule has 0 amide bonds. The van der Waals surface area contributed by atoms with Crippen molar-refractivity contribution in [3.05, 3.63) is 52.4 Å². The molecule has 9 heteroatoms. The number of nitrogens with zero attached hydrogens (tertiary/aromatic N) is 6. The molecule has 0 aliphatic heterocycles. The summed E-state index contributed by atoms with van der Waals surface area (Å²) in [5, 5.41) is 16.0. The number of aryl methyl sites for hydroxylation is 6. The Labute approximate surface area is 277 Å². The molecule has 245 valence electrons. The van der Waals surface area contributed by atoms with Gasteiger partial charge in [-0.1, -0.05) is 80.1 Å². The summed E-state index contributed by atoms with van der Waals surface area (Å²) in [5.74, 6) is 0. The van der Waals surface area contributed by atoms with Crippen LogP contribution in [-0.4, -0.2) is 29.3 Å². The molecule has 3 aromatic rings. The number of hydrogen-bond donors (Lipinski definition) is 0. The Morgan fingerprint density at radius 1 is 0.488 bits per heavy atom. The topological polar surface area (TPSA) is 53.5 Å². The third kappa shape index (κ3) is 12.2. The van der Waals surface area contributed by atoms with Crippen LogP contribution in [0.15, 0.2) is 18.2 Å². The summed E-state index contributed by atoms with van der Waals surface area (Å²) in [7, 11) is 9.59. The first-order chi connectivity index (χ1) is 21.0. The molecule has 3 rings (SSSR count). The van der Waals surface area contributed by atoms with Crippen LogP contribution >= 0.6 is 20.2 Å². The Kier molecular flexibility index (Phi) is 19.6. The number of unbranched alkanes of at least 4 members (excludes halogenated alkanes) is 6. The second kappa shape index (κ2) is 22.3. The third-order valence-electron chi connectivity index (χ3n) is 7.97. The van der Waals surface area contributed by atoms with Crippen LogP contribution in [0.3, 0.4) is 0 Å². The van der Waals surface area contributed by atoms with Gasteiger partial charge in [0.05, 0.1) is 17.1 Å². The second-order valence-electron chi connectivity index (χ2n) is 11.7. The molecular formula is C34H58Cl2MnN6. The summed E-state index contributed by atoms with van der Waals surface area (Å²) in [4.78, 5) is 0. The zero-order chi connectivity index (χ0) is 31.5. The minimum absolute atomic E-state index is 0.00694. The van der Waals surface area contributed by atoms with Crippen molar-refractivity contribution in [1.82, 2.24) is 29.3 Å². The standard InChI is InChI=1S/C34H58N6.2ClH.Mn/c1-7-13-19-28-25-31(22-16-10-4)38(35-28)34(39-32(23-17-11-5)26-29(36-39)20-14-8-2)40-33(24-18-12-6)27-30(37-40)21-15-9-3;;;/h25-27,34H,7-24H2,1-6H3;2*1H;/q;;;+2/p-2. The van der Waals surface area contributed by atoms with E-state index < -0.39 is 0 Å². The summed E-state index contributed by atoms with van der Waals surface area (Å²) in [6.07, 6.45) is 20.1. The molecule has 0 saturated carbocycles. The van der Waals surface area contributed by atoms with Crippen molar-refractivity contribution >= 4 is 20.2 Å². The van der Waals surface area contributed by atoms with E-state index in [1.165, 1.54) is 111 Å². The average Bonchev–Trinajstić information content (AvgIpc) is 3.72. The molecule has 0 N–H and O–H groups in total. The first-order valence-electron chi connectivity index (χ1n) is 17.1. The molecule has 0 radical (unpaired) electrons. The fourth-order valence-corrected chi connectivity index (χ4v) is 5.45. The van der Waals surface area contributed by atoms with Crippen LogP contribution in [0.1, 0.15) is 159 Å². The van der Waals surface area contributed by atoms with Gasteiger partial charge in [0.1, 0.15) is 0 Å². The molecule has 3 heterocycles. The monoisotopic (exact) mass is 675 g/mol. The molecule has 0 spiro atoms. The van der Waals surface area contributed by atoms with Crippen molar-refractivity contribution in [3.63, 3.8) is 0 Å². The van der Waals surface area contributed by atoms with Gasteiger partial charge in [-0.2, -0.15) is 15.3 Å². The molecule has 0 atom stereocenters. The maximum atomic E-state index is 5.33. The van der Waals surface area contributed by atoms with E-state index in [-0.39, 0.29) is 19.4 Å². The molecule has 43 heavy (non-hydrogen) atoms. The van der Waals surface area contributed by atoms with E-state index in [1.54, 1.807) is 0 Å². The third-order valence-corrected chi connectivity index (χ3v) is 7.97. The first-order valence-corrected chi connectivity index (χ1v) is 20.3. The van der Waals surface area contributed by atoms with E-state index in [1.807, 2.05) is 0 Å². The summed E-state index contributed by atoms with van der Waals surface area (Å²) in [6, 6.07) is 7.12. The SMILES string of the molecule is CCCCc1cc(CCCC)n(C(n2nc(CCCC)cc2CCCC)n2nc(CCCC)cc2CCCC)n1.[Cl][Mn][Cl]. The van der Waals surface area contributed by atoms with Gasteiger partial charge in [-0.25, -0.2) is 14.0 Å². The van der Waals surface area contributed by atoms with Crippen molar-refractivity contribution in [2.75, 3.05) is 0 Å². The molecule has 0 bridgehead atoms. The summed E-state index contributed by atoms with van der Waals surface area (Å²) < 4.78 is 6.91. The van der Waals surface area contributed by atoms with E-state index >= 15 is 0 Å². The normalized spacial score (nSPS) is 11.4. The van der Waals surface area contributed by atoms with Gasteiger partial charge >= 0.3 is 33.3 Å². The van der Waals surface area contributed by atoms with Crippen molar-refractivity contribution in [2.45, 2.75) is 163 Å². The Hall–Kier alpha value is -1.27. The Morgan fingerprint density at radius 2 is 0.721 bits per heavy atom. The van der Waals surface area contributed by atoms with Crippen LogP contribution < -0.4 is 0 Å². The van der Waals surface area contributed by atoms with Gasteiger partial charge in [-0.05, 0) is 95.2 Å². The van der Waals surface area contributed by atoms with Gasteiger partial charge in [-0.15, -0.1) is 0 Å². The van der Waals surface area contributed by atoms with Gasteiger partial charge < -0.3 is 0 Å². The predicted octanol–water partition coefficient (Wildman–Crippen LogP) is 10.3. The number of halogens is 2. The van der Waals surface area contributed by atoms with E-state index in [0.29, 0.717) is 0 Å². The summed E-state index contributed by atoms with van der Waals surface area (Å²) >= 11 is 0.00694. The molecule has 0 fully saturated rings. The van der Waals surface area contributed by atoms with E-state index in [2.05, 4.69) is 73.8 Å². The van der Waals surface area contributed by atoms with E-state index in [0.717, 1.165) is 38.5 Å². The van der Waals surface area contributed by atoms with Crippen molar-refractivity contribution in [2.24, 2.45) is 0 Å². The predicted molar refractivity (Wildman–Crippen MR) is 180 cm³/mol. The summed E-state index contributed by atoms with van der Waals surface area (Å²) in [5.41, 5.74) is 7.57. The first kappa shape index (κ1) is 37.9. The maximum absolute atomic E-state index is 5.33. The van der Waals surface area contributed by atoms with Gasteiger partial charge in [0, 0.05) is 17.1 Å². The van der Waals surface area contributed by atoms with Crippen molar-refractivity contribution in [3.8, 4) is 0 Å². The van der Waals surface area contributed by atoms with Crippen LogP contribution in [-0.2, 0) is 51.7 Å². The molecular weight excluding hydrogens is 618 g/mol. The van der Waals surface area contributed by atoms with Crippen LogP contribution in [0.4, 0.5) is 0 Å². The molecule has 0 aromatic carbocycles. The van der Waals surface area contributed by atoms with Crippen LogP contribution in [0.2, 0.25) is 0 Å². The zero-order valence-electron chi connectivity index (χ0n) is 27.9. The van der Waals surface area contributed by atoms with Gasteiger partial charge in [0.15, 0.2) is 0 Å². The van der Waals surface area contributed by atoms with Crippen LogP contribution in [0.5, 0.6) is 0 Å². The number of aromatic nitrogens is 6. The Balaban J connectivity index is 0.00000206. The minimum atomic E-state index is -0.202. The molecule has 0 aliphatic carbocycles. The molecule has 0 aliphatic rings. The Bertz CT molecular complexity index is 1000. The molecule has 0 unspecified atom stereocenters. The van der Waals surface area contributed by atoms with E-state index in [9.17, 15) is 0 Å². The fraction of sp³-hybridized carbons (Fsp3) is 0.735. The van der Waals surface area contributed by atoms with Gasteiger partial charge in [0.25, 0.3) is 0 Å². The van der Waals surface area contributed by atoms with Crippen molar-refractivity contribution < 1.29 is 13.1 Å². The number of rotatable bonds is 21. The average molecular weight is 677 g/mol. The van der Waals surface area contributed by atoms with Gasteiger partial charge in [0.2, 0.25) is 6.29 Å². The van der Waals surface area contributed by atoms with Crippen LogP contribution in [0.25, 0.3) is 0 Å². The molecule has 0 saturated heterocycles. The molecule has 6 nitrogen and oxygen atoms in total. The van der Waals surface area contributed by atoms with Gasteiger partial charge in [-0.3, -0.25) is 0 Å². The molecule has 3 aromatic heterocycles. The van der Waals surface area contributed by atoms with Crippen LogP contribution in [0, 0.1) is 0 Å². The Morgan fingerprint density at radius 3 is 0.953 bits per heavy atom. The quantitative estimate of drug-likeness (QED) is 0.106. The fourth-order valence-electron chi connectivity index (χ4n) is 5.45. The number of hydrogen-bond acceptors (Lipinski definition) is 3. The van der Waals surface area contributed by atoms with Crippen molar-refractivity contribution in [1.29, 1.82) is 0 Å². The zero-order valence-corrected chi connectivity index (χ0v) is 30.5. The second-order valence-corrected chi connectivity index (χ2v) is 13.7. The summed E-state index contributed by atoms with van der Waals surface area (Å²) in [6.45, 7) is 13.6.